The number of nitrogens with one attached hydrogen (secondary N) is 2. The van der Waals surface area contributed by atoms with Gasteiger partial charge >= 0.3 is 5.97 Å². The van der Waals surface area contributed by atoms with Crippen molar-refractivity contribution in [3.05, 3.63) is 30.3 Å². The van der Waals surface area contributed by atoms with Crippen molar-refractivity contribution in [3.63, 3.8) is 0 Å². The highest BCUT2D eigenvalue weighted by Crippen LogP contribution is 2.19. The van der Waals surface area contributed by atoms with Gasteiger partial charge in [-0.25, -0.2) is 0 Å². The molecule has 1 fully saturated rings. The molecule has 1 heterocycles. The van der Waals surface area contributed by atoms with E-state index in [-0.39, 0.29) is 29.9 Å². The van der Waals surface area contributed by atoms with Gasteiger partial charge < -0.3 is 20.3 Å². The number of carbonyl (C=O) groups excluding carboxylic acids is 1. The molecule has 0 aromatic heterocycles. The minimum absolute atomic E-state index is 0. The SMILES string of the molecule is CCOC(=O)CCCNC(=NC)NC1CCN(c2ccccc2)C1.I. The molecule has 0 spiro atoms. The molecule has 0 bridgehead atoms. The average molecular weight is 460 g/mol. The van der Waals surface area contributed by atoms with Gasteiger partial charge in [0.2, 0.25) is 0 Å². The Balaban J connectivity index is 0.00000312. The van der Waals surface area contributed by atoms with E-state index in [4.69, 9.17) is 4.74 Å². The first-order valence-electron chi connectivity index (χ1n) is 8.65. The van der Waals surface area contributed by atoms with E-state index in [0.717, 1.165) is 31.9 Å². The van der Waals surface area contributed by atoms with Gasteiger partial charge in [-0.05, 0) is 31.9 Å². The number of ether oxygens (including phenoxy) is 1. The topological polar surface area (TPSA) is 66.0 Å². The van der Waals surface area contributed by atoms with Gasteiger partial charge in [-0.15, -0.1) is 24.0 Å². The Morgan fingerprint density at radius 3 is 2.80 bits per heavy atom. The van der Waals surface area contributed by atoms with Crippen molar-refractivity contribution in [2.24, 2.45) is 4.99 Å². The lowest BCUT2D eigenvalue weighted by Crippen LogP contribution is -2.44. The number of rotatable bonds is 7. The van der Waals surface area contributed by atoms with Crippen LogP contribution in [0.4, 0.5) is 5.69 Å². The number of hydrogen-bond acceptors (Lipinski definition) is 4. The van der Waals surface area contributed by atoms with Crippen molar-refractivity contribution in [1.82, 2.24) is 10.6 Å². The zero-order chi connectivity index (χ0) is 17.2. The third-order valence-corrected chi connectivity index (χ3v) is 4.03. The van der Waals surface area contributed by atoms with Crippen LogP contribution in [-0.4, -0.2) is 51.3 Å². The molecule has 1 aromatic carbocycles. The van der Waals surface area contributed by atoms with E-state index in [1.54, 1.807) is 7.05 Å². The summed E-state index contributed by atoms with van der Waals surface area (Å²) >= 11 is 0. The third-order valence-electron chi connectivity index (χ3n) is 4.03. The summed E-state index contributed by atoms with van der Waals surface area (Å²) < 4.78 is 4.92. The second kappa shape index (κ2) is 11.9. The van der Waals surface area contributed by atoms with Crippen LogP contribution in [0.3, 0.4) is 0 Å². The maximum absolute atomic E-state index is 11.3. The first-order chi connectivity index (χ1) is 11.7. The first kappa shape index (κ1) is 21.5. The zero-order valence-electron chi connectivity index (χ0n) is 15.0. The lowest BCUT2D eigenvalue weighted by Gasteiger charge is -2.20. The number of hydrogen-bond donors (Lipinski definition) is 2. The van der Waals surface area contributed by atoms with Gasteiger partial charge in [0.25, 0.3) is 0 Å². The van der Waals surface area contributed by atoms with Crippen LogP contribution in [0.2, 0.25) is 0 Å². The molecule has 0 radical (unpaired) electrons. The largest absolute Gasteiger partial charge is 0.466 e. The summed E-state index contributed by atoms with van der Waals surface area (Å²) in [6.07, 6.45) is 2.25. The predicted octanol–water partition coefficient (Wildman–Crippen LogP) is 2.39. The maximum Gasteiger partial charge on any atom is 0.305 e. The fraction of sp³-hybridized carbons (Fsp3) is 0.556. The molecule has 2 rings (SSSR count). The van der Waals surface area contributed by atoms with Crippen molar-refractivity contribution in [3.8, 4) is 0 Å². The van der Waals surface area contributed by atoms with Crippen LogP contribution in [0.25, 0.3) is 0 Å². The molecule has 6 nitrogen and oxygen atoms in total. The highest BCUT2D eigenvalue weighted by Gasteiger charge is 2.23. The number of nitrogens with zero attached hydrogens (tertiary/aromatic N) is 2. The monoisotopic (exact) mass is 460 g/mol. The Bertz CT molecular complexity index is 539. The molecule has 1 aliphatic rings. The first-order valence-corrected chi connectivity index (χ1v) is 8.65. The van der Waals surface area contributed by atoms with Crippen molar-refractivity contribution in [2.45, 2.75) is 32.2 Å². The fourth-order valence-corrected chi connectivity index (χ4v) is 2.81. The number of carbonyl (C=O) groups is 1. The van der Waals surface area contributed by atoms with E-state index < -0.39 is 0 Å². The highest BCUT2D eigenvalue weighted by atomic mass is 127. The minimum Gasteiger partial charge on any atom is -0.466 e. The van der Waals surface area contributed by atoms with E-state index in [0.29, 0.717) is 25.6 Å². The summed E-state index contributed by atoms with van der Waals surface area (Å²) in [5.41, 5.74) is 1.26. The molecule has 1 unspecified atom stereocenters. The number of halogens is 1. The van der Waals surface area contributed by atoms with Gasteiger partial charge in [0.05, 0.1) is 6.61 Å². The van der Waals surface area contributed by atoms with Crippen LogP contribution >= 0.6 is 24.0 Å². The quantitative estimate of drug-likeness (QED) is 0.215. The summed E-state index contributed by atoms with van der Waals surface area (Å²) in [5.74, 6) is 0.648. The van der Waals surface area contributed by atoms with Crippen LogP contribution in [-0.2, 0) is 9.53 Å². The van der Waals surface area contributed by atoms with Crippen molar-refractivity contribution in [2.75, 3.05) is 38.2 Å². The van der Waals surface area contributed by atoms with Crippen LogP contribution in [0, 0.1) is 0 Å². The molecule has 0 amide bonds. The molecule has 1 atom stereocenters. The lowest BCUT2D eigenvalue weighted by molar-refractivity contribution is -0.143. The third kappa shape index (κ3) is 7.50. The van der Waals surface area contributed by atoms with Gasteiger partial charge in [0.1, 0.15) is 0 Å². The summed E-state index contributed by atoms with van der Waals surface area (Å²) in [7, 11) is 1.77. The molecule has 7 heteroatoms. The molecule has 0 saturated carbocycles. The predicted molar refractivity (Wildman–Crippen MR) is 113 cm³/mol. The van der Waals surface area contributed by atoms with Gasteiger partial charge in [-0.3, -0.25) is 9.79 Å². The van der Waals surface area contributed by atoms with E-state index in [1.165, 1.54) is 5.69 Å². The van der Waals surface area contributed by atoms with E-state index in [2.05, 4.69) is 44.8 Å². The molecule has 2 N–H and O–H groups in total. The summed E-state index contributed by atoms with van der Waals surface area (Å²) in [6, 6.07) is 10.8. The van der Waals surface area contributed by atoms with Crippen molar-refractivity contribution < 1.29 is 9.53 Å². The number of para-hydroxylation sites is 1. The maximum atomic E-state index is 11.3. The van der Waals surface area contributed by atoms with E-state index >= 15 is 0 Å². The van der Waals surface area contributed by atoms with Crippen molar-refractivity contribution >= 4 is 41.6 Å². The van der Waals surface area contributed by atoms with Crippen LogP contribution in [0.1, 0.15) is 26.2 Å². The lowest BCUT2D eigenvalue weighted by atomic mass is 10.2. The Morgan fingerprint density at radius 2 is 2.12 bits per heavy atom. The van der Waals surface area contributed by atoms with Crippen molar-refractivity contribution in [1.29, 1.82) is 0 Å². The van der Waals surface area contributed by atoms with Gasteiger partial charge in [-0.2, -0.15) is 0 Å². The smallest absolute Gasteiger partial charge is 0.305 e. The minimum atomic E-state index is -0.142. The Kier molecular flexibility index (Phi) is 10.3. The Hall–Kier alpha value is -1.51. The molecule has 0 aliphatic carbocycles. The number of guanidine groups is 1. The Morgan fingerprint density at radius 1 is 1.36 bits per heavy atom. The van der Waals surface area contributed by atoms with Crippen LogP contribution < -0.4 is 15.5 Å². The molecule has 140 valence electrons. The molecular weight excluding hydrogens is 431 g/mol. The molecule has 1 aromatic rings. The number of anilines is 1. The molecule has 1 aliphatic heterocycles. The second-order valence-corrected chi connectivity index (χ2v) is 5.82. The number of esters is 1. The van der Waals surface area contributed by atoms with Crippen LogP contribution in [0.15, 0.2) is 35.3 Å². The summed E-state index contributed by atoms with van der Waals surface area (Å²) in [5, 5.41) is 6.72. The van der Waals surface area contributed by atoms with E-state index in [1.807, 2.05) is 13.0 Å². The fourth-order valence-electron chi connectivity index (χ4n) is 2.81. The molecule has 1 saturated heterocycles. The standard InChI is InChI=1S/C18H28N4O2.HI/c1-3-24-17(23)10-7-12-20-18(19-2)21-15-11-13-22(14-15)16-8-5-4-6-9-16;/h4-6,8-9,15H,3,7,10-14H2,1-2H3,(H2,19,20,21);1H. The van der Waals surface area contributed by atoms with Gasteiger partial charge in [-0.1, -0.05) is 18.2 Å². The normalized spacial score (nSPS) is 17.0. The Labute approximate surface area is 167 Å². The zero-order valence-corrected chi connectivity index (χ0v) is 17.4. The van der Waals surface area contributed by atoms with Gasteiger partial charge in [0.15, 0.2) is 5.96 Å². The average Bonchev–Trinajstić information content (AvgIpc) is 3.07. The number of aliphatic imine (C=N–C) groups is 1. The van der Waals surface area contributed by atoms with E-state index in [9.17, 15) is 4.79 Å². The van der Waals surface area contributed by atoms with Crippen LogP contribution in [0.5, 0.6) is 0 Å². The molecular formula is C18H29IN4O2. The molecule has 25 heavy (non-hydrogen) atoms. The highest BCUT2D eigenvalue weighted by molar-refractivity contribution is 14.0. The number of benzene rings is 1. The summed E-state index contributed by atoms with van der Waals surface area (Å²) in [4.78, 5) is 17.9. The van der Waals surface area contributed by atoms with Gasteiger partial charge in [0, 0.05) is 44.8 Å². The summed E-state index contributed by atoms with van der Waals surface area (Å²) in [6.45, 7) is 4.97. The second-order valence-electron chi connectivity index (χ2n) is 5.82.